The molecule has 188 valence electrons. The summed E-state index contributed by atoms with van der Waals surface area (Å²) in [5.41, 5.74) is 10.8. The van der Waals surface area contributed by atoms with Crippen LogP contribution in [-0.4, -0.2) is 54.1 Å². The lowest BCUT2D eigenvalue weighted by Crippen LogP contribution is -2.48. The van der Waals surface area contributed by atoms with Gasteiger partial charge in [-0.25, -0.2) is 14.8 Å². The molecular weight excluding hydrogens is 464 g/mol. The summed E-state index contributed by atoms with van der Waals surface area (Å²) in [5, 5.41) is 3.24. The molecule has 0 aliphatic carbocycles. The Bertz CT molecular complexity index is 1280. The maximum absolute atomic E-state index is 11.7. The Hall–Kier alpha value is -4.43. The first kappa shape index (κ1) is 24.3. The minimum atomic E-state index is -0.378. The van der Waals surface area contributed by atoms with Gasteiger partial charge < -0.3 is 20.7 Å². The van der Waals surface area contributed by atoms with Gasteiger partial charge in [-0.15, -0.1) is 0 Å². The number of nitrogen functional groups attached to an aromatic ring is 1. The van der Waals surface area contributed by atoms with Gasteiger partial charge in [-0.2, -0.15) is 0 Å². The number of hydrogen-bond donors (Lipinski definition) is 2. The number of ether oxygens (including phenoxy) is 1. The Balaban J connectivity index is 1.30. The summed E-state index contributed by atoms with van der Waals surface area (Å²) < 4.78 is 4.76. The fraction of sp³-hybridized carbons (Fsp3) is 0.207. The van der Waals surface area contributed by atoms with E-state index in [0.29, 0.717) is 17.1 Å². The summed E-state index contributed by atoms with van der Waals surface area (Å²) in [6, 6.07) is 28.5. The molecule has 4 aromatic rings. The van der Waals surface area contributed by atoms with Gasteiger partial charge in [-0.3, -0.25) is 4.90 Å². The Labute approximate surface area is 216 Å². The lowest BCUT2D eigenvalue weighted by Gasteiger charge is -2.40. The van der Waals surface area contributed by atoms with Crippen LogP contribution in [0.2, 0.25) is 0 Å². The van der Waals surface area contributed by atoms with Gasteiger partial charge in [0, 0.05) is 31.9 Å². The van der Waals surface area contributed by atoms with Crippen LogP contribution in [0.15, 0.2) is 91.3 Å². The SMILES string of the molecule is COC(=O)c1ccc(Nc2ncnc(N3CCN(C(c4ccccc4)c4ccccc4)CC3)c2N)cc1. The fourth-order valence-corrected chi connectivity index (χ4v) is 4.76. The summed E-state index contributed by atoms with van der Waals surface area (Å²) in [6.45, 7) is 3.33. The summed E-state index contributed by atoms with van der Waals surface area (Å²) in [4.78, 5) is 25.3. The lowest BCUT2D eigenvalue weighted by atomic mass is 9.96. The molecule has 2 heterocycles. The van der Waals surface area contributed by atoms with Crippen molar-refractivity contribution in [3.8, 4) is 0 Å². The highest BCUT2D eigenvalue weighted by Crippen LogP contribution is 2.33. The molecule has 0 atom stereocenters. The van der Waals surface area contributed by atoms with E-state index in [1.807, 2.05) is 0 Å². The number of rotatable bonds is 7. The van der Waals surface area contributed by atoms with Crippen molar-refractivity contribution < 1.29 is 9.53 Å². The maximum atomic E-state index is 11.7. The molecule has 0 bridgehead atoms. The largest absolute Gasteiger partial charge is 0.465 e. The summed E-state index contributed by atoms with van der Waals surface area (Å²) in [7, 11) is 1.36. The van der Waals surface area contributed by atoms with Crippen LogP contribution in [0, 0.1) is 0 Å². The molecule has 1 aliphatic rings. The van der Waals surface area contributed by atoms with Crippen LogP contribution in [0.4, 0.5) is 23.0 Å². The highest BCUT2D eigenvalue weighted by molar-refractivity contribution is 5.90. The van der Waals surface area contributed by atoms with Crippen molar-refractivity contribution >= 4 is 29.0 Å². The number of esters is 1. The third-order valence-corrected chi connectivity index (χ3v) is 6.64. The van der Waals surface area contributed by atoms with E-state index in [0.717, 1.165) is 37.7 Å². The number of anilines is 4. The summed E-state index contributed by atoms with van der Waals surface area (Å²) in [5.74, 6) is 0.875. The second-order valence-corrected chi connectivity index (χ2v) is 8.90. The van der Waals surface area contributed by atoms with Gasteiger partial charge >= 0.3 is 5.97 Å². The van der Waals surface area contributed by atoms with Gasteiger partial charge in [-0.1, -0.05) is 60.7 Å². The van der Waals surface area contributed by atoms with E-state index in [1.165, 1.54) is 24.6 Å². The molecule has 0 saturated carbocycles. The van der Waals surface area contributed by atoms with E-state index in [9.17, 15) is 4.79 Å². The van der Waals surface area contributed by atoms with Crippen molar-refractivity contribution in [2.45, 2.75) is 6.04 Å². The number of piperazine rings is 1. The number of methoxy groups -OCH3 is 1. The Morgan fingerprint density at radius 2 is 1.46 bits per heavy atom. The first-order valence-electron chi connectivity index (χ1n) is 12.3. The number of carbonyl (C=O) groups is 1. The number of nitrogens with zero attached hydrogens (tertiary/aromatic N) is 4. The quantitative estimate of drug-likeness (QED) is 0.363. The molecule has 8 heteroatoms. The van der Waals surface area contributed by atoms with Gasteiger partial charge in [0.05, 0.1) is 18.7 Å². The zero-order valence-electron chi connectivity index (χ0n) is 20.7. The fourth-order valence-electron chi connectivity index (χ4n) is 4.76. The molecule has 1 aliphatic heterocycles. The van der Waals surface area contributed by atoms with E-state index in [1.54, 1.807) is 24.3 Å². The smallest absolute Gasteiger partial charge is 0.337 e. The zero-order chi connectivity index (χ0) is 25.6. The van der Waals surface area contributed by atoms with E-state index in [-0.39, 0.29) is 12.0 Å². The van der Waals surface area contributed by atoms with Gasteiger partial charge in [-0.05, 0) is 35.4 Å². The van der Waals surface area contributed by atoms with Crippen molar-refractivity contribution in [3.63, 3.8) is 0 Å². The molecule has 8 nitrogen and oxygen atoms in total. The normalized spacial score (nSPS) is 13.9. The predicted octanol–water partition coefficient (Wildman–Crippen LogP) is 4.50. The number of carbonyl (C=O) groups excluding carboxylic acids is 1. The Kier molecular flexibility index (Phi) is 7.28. The number of aromatic nitrogens is 2. The maximum Gasteiger partial charge on any atom is 0.337 e. The van der Waals surface area contributed by atoms with E-state index in [2.05, 4.69) is 85.7 Å². The molecule has 0 amide bonds. The average molecular weight is 495 g/mol. The second kappa shape index (κ2) is 11.1. The molecule has 3 N–H and O–H groups in total. The first-order valence-corrected chi connectivity index (χ1v) is 12.3. The van der Waals surface area contributed by atoms with Crippen LogP contribution < -0.4 is 16.0 Å². The van der Waals surface area contributed by atoms with Crippen LogP contribution in [0.25, 0.3) is 0 Å². The van der Waals surface area contributed by atoms with E-state index < -0.39 is 0 Å². The van der Waals surface area contributed by atoms with Gasteiger partial charge in [0.2, 0.25) is 0 Å². The molecule has 1 aromatic heterocycles. The van der Waals surface area contributed by atoms with Gasteiger partial charge in [0.1, 0.15) is 12.0 Å². The van der Waals surface area contributed by atoms with E-state index in [4.69, 9.17) is 10.5 Å². The summed E-state index contributed by atoms with van der Waals surface area (Å²) in [6.07, 6.45) is 1.53. The summed E-state index contributed by atoms with van der Waals surface area (Å²) >= 11 is 0. The topological polar surface area (TPSA) is 96.6 Å². The lowest BCUT2D eigenvalue weighted by molar-refractivity contribution is 0.0601. The highest BCUT2D eigenvalue weighted by atomic mass is 16.5. The minimum Gasteiger partial charge on any atom is -0.465 e. The predicted molar refractivity (Wildman–Crippen MR) is 146 cm³/mol. The average Bonchev–Trinajstić information content (AvgIpc) is 2.96. The van der Waals surface area contributed by atoms with Crippen molar-refractivity contribution in [2.24, 2.45) is 0 Å². The Morgan fingerprint density at radius 1 is 0.865 bits per heavy atom. The highest BCUT2D eigenvalue weighted by Gasteiger charge is 2.28. The van der Waals surface area contributed by atoms with Crippen LogP contribution >= 0.6 is 0 Å². The molecule has 0 radical (unpaired) electrons. The molecule has 1 fully saturated rings. The van der Waals surface area contributed by atoms with Crippen molar-refractivity contribution in [1.29, 1.82) is 0 Å². The second-order valence-electron chi connectivity index (χ2n) is 8.90. The third kappa shape index (κ3) is 5.39. The van der Waals surface area contributed by atoms with E-state index >= 15 is 0 Å². The molecular formula is C29H30N6O2. The van der Waals surface area contributed by atoms with Crippen molar-refractivity contribution in [2.75, 3.05) is 49.2 Å². The van der Waals surface area contributed by atoms with Crippen molar-refractivity contribution in [3.05, 3.63) is 108 Å². The molecule has 0 unspecified atom stereocenters. The monoisotopic (exact) mass is 494 g/mol. The number of nitrogens with one attached hydrogen (secondary N) is 1. The van der Waals surface area contributed by atoms with Crippen LogP contribution in [0.5, 0.6) is 0 Å². The molecule has 0 spiro atoms. The van der Waals surface area contributed by atoms with Gasteiger partial charge in [0.25, 0.3) is 0 Å². The minimum absolute atomic E-state index is 0.192. The van der Waals surface area contributed by atoms with Crippen molar-refractivity contribution in [1.82, 2.24) is 14.9 Å². The van der Waals surface area contributed by atoms with Crippen LogP contribution in [0.1, 0.15) is 27.5 Å². The van der Waals surface area contributed by atoms with Gasteiger partial charge in [0.15, 0.2) is 11.6 Å². The molecule has 37 heavy (non-hydrogen) atoms. The zero-order valence-corrected chi connectivity index (χ0v) is 20.7. The Morgan fingerprint density at radius 3 is 2.03 bits per heavy atom. The van der Waals surface area contributed by atoms with Crippen LogP contribution in [0.3, 0.4) is 0 Å². The first-order chi connectivity index (χ1) is 18.1. The number of hydrogen-bond acceptors (Lipinski definition) is 8. The molecule has 1 saturated heterocycles. The standard InChI is InChI=1S/C29H30N6O2/c1-37-29(36)23-12-14-24(15-13-23)33-27-25(30)28(32-20-31-27)35-18-16-34(17-19-35)26(21-8-4-2-5-9-21)22-10-6-3-7-11-22/h2-15,20,26H,16-19,30H2,1H3,(H,31,32,33). The van der Waals surface area contributed by atoms with Crippen LogP contribution in [-0.2, 0) is 4.74 Å². The molecule has 3 aromatic carbocycles. The third-order valence-electron chi connectivity index (χ3n) is 6.64. The number of benzene rings is 3. The number of nitrogens with two attached hydrogens (primary N) is 1. The molecule has 5 rings (SSSR count).